The summed E-state index contributed by atoms with van der Waals surface area (Å²) >= 11 is 1.70. The number of thiazole rings is 1. The van der Waals surface area contributed by atoms with Gasteiger partial charge in [0, 0.05) is 17.8 Å². The van der Waals surface area contributed by atoms with Crippen molar-refractivity contribution >= 4 is 16.3 Å². The largest absolute Gasteiger partial charge is 0.316 e. The third kappa shape index (κ3) is 3.33. The number of fused-ring (bicyclic) bond motifs is 1. The van der Waals surface area contributed by atoms with Gasteiger partial charge in [-0.25, -0.2) is 4.98 Å². The van der Waals surface area contributed by atoms with Crippen LogP contribution in [0.25, 0.3) is 4.96 Å². The summed E-state index contributed by atoms with van der Waals surface area (Å²) in [5.41, 5.74) is 1.22. The predicted octanol–water partition coefficient (Wildman–Crippen LogP) is 3.21. The fourth-order valence-corrected chi connectivity index (χ4v) is 2.87. The van der Waals surface area contributed by atoms with Crippen LogP contribution in [0.1, 0.15) is 32.9 Å². The third-order valence-electron chi connectivity index (χ3n) is 3.39. The quantitative estimate of drug-likeness (QED) is 0.779. The summed E-state index contributed by atoms with van der Waals surface area (Å²) in [6, 6.07) is 0. The van der Waals surface area contributed by atoms with E-state index >= 15 is 0 Å². The molecular weight excluding hydrogens is 242 g/mol. The molecule has 18 heavy (non-hydrogen) atoms. The molecule has 1 atom stereocenters. The maximum Gasteiger partial charge on any atom is 0.193 e. The molecule has 0 radical (unpaired) electrons. The lowest BCUT2D eigenvalue weighted by atomic mass is 9.91. The van der Waals surface area contributed by atoms with Gasteiger partial charge in [0.15, 0.2) is 4.96 Å². The van der Waals surface area contributed by atoms with Crippen molar-refractivity contribution in [2.75, 3.05) is 13.1 Å². The number of hydrogen-bond acceptors (Lipinski definition) is 3. The van der Waals surface area contributed by atoms with Gasteiger partial charge >= 0.3 is 0 Å². The maximum absolute atomic E-state index is 4.68. The number of imidazole rings is 1. The standard InChI is InChI=1S/C14H23N3S/c1-4-5-15-9-12(11(2)3)8-13-10-17-6-7-18-14(17)16-13/h6-7,10-12,15H,4-5,8-9H2,1-3H3. The number of hydrogen-bond donors (Lipinski definition) is 1. The Morgan fingerprint density at radius 3 is 2.94 bits per heavy atom. The Labute approximate surface area is 113 Å². The van der Waals surface area contributed by atoms with Crippen molar-refractivity contribution in [1.82, 2.24) is 14.7 Å². The van der Waals surface area contributed by atoms with Gasteiger partial charge in [-0.1, -0.05) is 20.8 Å². The second-order valence-corrected chi connectivity index (χ2v) is 6.11. The molecular formula is C14H23N3S. The summed E-state index contributed by atoms with van der Waals surface area (Å²) in [6.07, 6.45) is 6.52. The average molecular weight is 265 g/mol. The van der Waals surface area contributed by atoms with Gasteiger partial charge in [0.25, 0.3) is 0 Å². The minimum atomic E-state index is 0.668. The van der Waals surface area contributed by atoms with Crippen LogP contribution in [-0.2, 0) is 6.42 Å². The summed E-state index contributed by atoms with van der Waals surface area (Å²) in [7, 11) is 0. The van der Waals surface area contributed by atoms with Gasteiger partial charge in [-0.15, -0.1) is 11.3 Å². The van der Waals surface area contributed by atoms with E-state index in [-0.39, 0.29) is 0 Å². The molecule has 0 saturated carbocycles. The lowest BCUT2D eigenvalue weighted by molar-refractivity contribution is 0.358. The minimum Gasteiger partial charge on any atom is -0.316 e. The Balaban J connectivity index is 1.97. The van der Waals surface area contributed by atoms with Crippen LogP contribution in [0, 0.1) is 11.8 Å². The first kappa shape index (κ1) is 13.6. The minimum absolute atomic E-state index is 0.668. The van der Waals surface area contributed by atoms with Gasteiger partial charge < -0.3 is 5.32 Å². The molecule has 1 unspecified atom stereocenters. The normalized spacial score (nSPS) is 13.6. The first-order chi connectivity index (χ1) is 8.70. The van der Waals surface area contributed by atoms with Crippen molar-refractivity contribution < 1.29 is 0 Å². The molecule has 100 valence electrons. The number of nitrogens with one attached hydrogen (secondary N) is 1. The summed E-state index contributed by atoms with van der Waals surface area (Å²) < 4.78 is 2.12. The average Bonchev–Trinajstić information content (AvgIpc) is 2.88. The molecule has 0 fully saturated rings. The van der Waals surface area contributed by atoms with Crippen molar-refractivity contribution in [3.63, 3.8) is 0 Å². The molecule has 0 aromatic carbocycles. The van der Waals surface area contributed by atoms with Crippen LogP contribution in [0.4, 0.5) is 0 Å². The van der Waals surface area contributed by atoms with Crippen molar-refractivity contribution in [2.24, 2.45) is 11.8 Å². The summed E-state index contributed by atoms with van der Waals surface area (Å²) in [6.45, 7) is 9.02. The van der Waals surface area contributed by atoms with Crippen LogP contribution in [0.5, 0.6) is 0 Å². The van der Waals surface area contributed by atoms with Gasteiger partial charge in [0.1, 0.15) is 0 Å². The Bertz CT molecular complexity index is 444. The molecule has 3 nitrogen and oxygen atoms in total. The Morgan fingerprint density at radius 1 is 1.44 bits per heavy atom. The Morgan fingerprint density at radius 2 is 2.28 bits per heavy atom. The summed E-state index contributed by atoms with van der Waals surface area (Å²) in [5.74, 6) is 1.36. The molecule has 0 aliphatic rings. The van der Waals surface area contributed by atoms with Crippen LogP contribution in [0.2, 0.25) is 0 Å². The van der Waals surface area contributed by atoms with E-state index < -0.39 is 0 Å². The van der Waals surface area contributed by atoms with Crippen LogP contribution in [0.15, 0.2) is 17.8 Å². The molecule has 0 saturated heterocycles. The highest BCUT2D eigenvalue weighted by Gasteiger charge is 2.15. The van der Waals surface area contributed by atoms with Crippen LogP contribution in [-0.4, -0.2) is 22.5 Å². The van der Waals surface area contributed by atoms with Gasteiger partial charge in [-0.3, -0.25) is 4.40 Å². The van der Waals surface area contributed by atoms with E-state index in [1.807, 2.05) is 0 Å². The van der Waals surface area contributed by atoms with Crippen LogP contribution in [0.3, 0.4) is 0 Å². The number of nitrogens with zero attached hydrogens (tertiary/aromatic N) is 2. The molecule has 0 aliphatic heterocycles. The zero-order valence-electron chi connectivity index (χ0n) is 11.5. The molecule has 2 aromatic heterocycles. The van der Waals surface area contributed by atoms with E-state index in [0.29, 0.717) is 11.8 Å². The SMILES string of the molecule is CCCNCC(Cc1cn2ccsc2n1)C(C)C. The van der Waals surface area contributed by atoms with Gasteiger partial charge in [0.2, 0.25) is 0 Å². The molecule has 2 aromatic rings. The summed E-state index contributed by atoms with van der Waals surface area (Å²) in [5, 5.41) is 5.61. The molecule has 1 N–H and O–H groups in total. The lowest BCUT2D eigenvalue weighted by Gasteiger charge is -2.20. The predicted molar refractivity (Wildman–Crippen MR) is 78.3 cm³/mol. The highest BCUT2D eigenvalue weighted by Crippen LogP contribution is 2.18. The smallest absolute Gasteiger partial charge is 0.193 e. The van der Waals surface area contributed by atoms with Crippen molar-refractivity contribution in [1.29, 1.82) is 0 Å². The lowest BCUT2D eigenvalue weighted by Crippen LogP contribution is -2.28. The fourth-order valence-electron chi connectivity index (χ4n) is 2.15. The molecule has 2 heterocycles. The van der Waals surface area contributed by atoms with Gasteiger partial charge in [-0.05, 0) is 37.8 Å². The molecule has 0 amide bonds. The third-order valence-corrected chi connectivity index (χ3v) is 4.16. The van der Waals surface area contributed by atoms with E-state index in [0.717, 1.165) is 24.5 Å². The van der Waals surface area contributed by atoms with E-state index in [2.05, 4.69) is 53.2 Å². The maximum atomic E-state index is 4.68. The molecule has 0 aliphatic carbocycles. The van der Waals surface area contributed by atoms with Gasteiger partial charge in [0.05, 0.1) is 5.69 Å². The van der Waals surface area contributed by atoms with E-state index in [1.54, 1.807) is 11.3 Å². The van der Waals surface area contributed by atoms with E-state index in [9.17, 15) is 0 Å². The van der Waals surface area contributed by atoms with Crippen LogP contribution < -0.4 is 5.32 Å². The van der Waals surface area contributed by atoms with Crippen molar-refractivity contribution in [3.05, 3.63) is 23.5 Å². The highest BCUT2D eigenvalue weighted by atomic mass is 32.1. The second kappa shape index (κ2) is 6.34. The van der Waals surface area contributed by atoms with Gasteiger partial charge in [-0.2, -0.15) is 0 Å². The first-order valence-electron chi connectivity index (χ1n) is 6.82. The highest BCUT2D eigenvalue weighted by molar-refractivity contribution is 7.15. The molecule has 0 spiro atoms. The first-order valence-corrected chi connectivity index (χ1v) is 7.70. The topological polar surface area (TPSA) is 29.3 Å². The van der Waals surface area contributed by atoms with Crippen LogP contribution >= 0.6 is 11.3 Å². The molecule has 2 rings (SSSR count). The fraction of sp³-hybridized carbons (Fsp3) is 0.643. The monoisotopic (exact) mass is 265 g/mol. The van der Waals surface area contributed by atoms with E-state index in [4.69, 9.17) is 0 Å². The molecule has 4 heteroatoms. The Hall–Kier alpha value is -0.870. The van der Waals surface area contributed by atoms with Crippen molar-refractivity contribution in [3.8, 4) is 0 Å². The summed E-state index contributed by atoms with van der Waals surface area (Å²) in [4.78, 5) is 5.78. The second-order valence-electron chi connectivity index (χ2n) is 5.24. The molecule has 0 bridgehead atoms. The van der Waals surface area contributed by atoms with E-state index in [1.165, 1.54) is 12.1 Å². The number of aromatic nitrogens is 2. The zero-order valence-corrected chi connectivity index (χ0v) is 12.3. The Kier molecular flexibility index (Phi) is 4.78. The number of rotatable bonds is 7. The van der Waals surface area contributed by atoms with Crippen molar-refractivity contribution in [2.45, 2.75) is 33.6 Å². The zero-order chi connectivity index (χ0) is 13.0.